The Kier molecular flexibility index (Phi) is 8.93. The summed E-state index contributed by atoms with van der Waals surface area (Å²) in [4.78, 5) is 17.0. The largest absolute Gasteiger partial charge is 0.490 e. The van der Waals surface area contributed by atoms with Gasteiger partial charge in [0.2, 0.25) is 0 Å². The molecule has 1 fully saturated rings. The van der Waals surface area contributed by atoms with Crippen LogP contribution in [0.1, 0.15) is 5.56 Å². The summed E-state index contributed by atoms with van der Waals surface area (Å²) >= 11 is 6.21. The predicted octanol–water partition coefficient (Wildman–Crippen LogP) is 3.59. The summed E-state index contributed by atoms with van der Waals surface area (Å²) in [5.74, 6) is 0.501. The molecule has 1 saturated heterocycles. The first-order valence-electron chi connectivity index (χ1n) is 10.6. The number of anilines is 1. The van der Waals surface area contributed by atoms with E-state index in [9.17, 15) is 10.1 Å². The first-order valence-corrected chi connectivity index (χ1v) is 11.0. The van der Waals surface area contributed by atoms with E-state index in [4.69, 9.17) is 16.3 Å². The van der Waals surface area contributed by atoms with E-state index in [1.807, 2.05) is 18.2 Å². The van der Waals surface area contributed by atoms with E-state index < -0.39 is 0 Å². The number of piperazine rings is 1. The van der Waals surface area contributed by atoms with Crippen molar-refractivity contribution in [2.24, 2.45) is 0 Å². The third-order valence-corrected chi connectivity index (χ3v) is 5.43. The molecule has 8 heteroatoms. The number of nitrogens with one attached hydrogen (secondary N) is 2. The van der Waals surface area contributed by atoms with Gasteiger partial charge in [0.15, 0.2) is 0 Å². The lowest BCUT2D eigenvalue weighted by Crippen LogP contribution is -2.45. The van der Waals surface area contributed by atoms with Gasteiger partial charge in [-0.05, 0) is 29.8 Å². The van der Waals surface area contributed by atoms with E-state index in [-0.39, 0.29) is 12.6 Å². The van der Waals surface area contributed by atoms with Crippen molar-refractivity contribution in [3.63, 3.8) is 0 Å². The molecule has 0 spiro atoms. The molecule has 0 bridgehead atoms. The molecule has 0 unspecified atom stereocenters. The van der Waals surface area contributed by atoms with Gasteiger partial charge in [-0.1, -0.05) is 42.4 Å². The number of hydrogen-bond donors (Lipinski definition) is 2. The summed E-state index contributed by atoms with van der Waals surface area (Å²) in [7, 11) is 0. The van der Waals surface area contributed by atoms with Crippen LogP contribution in [0.3, 0.4) is 0 Å². The molecule has 1 aliphatic rings. The first kappa shape index (κ1) is 23.6. The number of halogens is 1. The van der Waals surface area contributed by atoms with Crippen LogP contribution in [0.2, 0.25) is 5.02 Å². The van der Waals surface area contributed by atoms with E-state index >= 15 is 0 Å². The number of nitrogens with zero attached hydrogens (tertiary/aromatic N) is 3. The maximum absolute atomic E-state index is 13.0. The smallest absolute Gasteiger partial charge is 0.322 e. The quantitative estimate of drug-likeness (QED) is 0.567. The van der Waals surface area contributed by atoms with Crippen LogP contribution in [0.4, 0.5) is 10.5 Å². The molecule has 2 aromatic rings. The van der Waals surface area contributed by atoms with Crippen LogP contribution in [0.25, 0.3) is 0 Å². The number of ether oxygens (including phenoxy) is 1. The molecule has 0 atom stereocenters. The van der Waals surface area contributed by atoms with Gasteiger partial charge >= 0.3 is 6.03 Å². The summed E-state index contributed by atoms with van der Waals surface area (Å²) in [6.45, 7) is 9.72. The Morgan fingerprint density at radius 2 is 1.94 bits per heavy atom. The molecule has 0 radical (unpaired) electrons. The van der Waals surface area contributed by atoms with Gasteiger partial charge < -0.3 is 20.3 Å². The van der Waals surface area contributed by atoms with Crippen molar-refractivity contribution in [1.82, 2.24) is 15.1 Å². The highest BCUT2D eigenvalue weighted by Crippen LogP contribution is 2.21. The second kappa shape index (κ2) is 12.1. The van der Waals surface area contributed by atoms with Crippen LogP contribution in [0.15, 0.2) is 60.7 Å². The first-order chi connectivity index (χ1) is 15.6. The molecule has 1 heterocycles. The molecular weight excluding hydrogens is 426 g/mol. The zero-order chi connectivity index (χ0) is 22.8. The number of benzene rings is 2. The van der Waals surface area contributed by atoms with E-state index in [1.54, 1.807) is 35.2 Å². The molecule has 0 aliphatic carbocycles. The zero-order valence-corrected chi connectivity index (χ0v) is 18.8. The van der Waals surface area contributed by atoms with Crippen LogP contribution in [0, 0.1) is 11.3 Å². The van der Waals surface area contributed by atoms with Gasteiger partial charge in [0.05, 0.1) is 22.8 Å². The summed E-state index contributed by atoms with van der Waals surface area (Å²) in [6.07, 6.45) is 0. The lowest BCUT2D eigenvalue weighted by molar-refractivity contribution is 0.196. The van der Waals surface area contributed by atoms with Gasteiger partial charge in [0.25, 0.3) is 0 Å². The molecule has 2 amide bonds. The minimum Gasteiger partial charge on any atom is -0.490 e. The third kappa shape index (κ3) is 6.99. The standard InChI is InChI=1S/C24H28ClN5O2/c1-19(17-29-12-10-27-11-13-29)18-30(24(31)28-22-8-4-3-7-21(22)25)14-15-32-23-9-5-2-6-20(23)16-26/h2-9,27H,1,10-15,17-18H2,(H,28,31). The van der Waals surface area contributed by atoms with Gasteiger partial charge in [0.1, 0.15) is 18.4 Å². The second-order valence-electron chi connectivity index (χ2n) is 7.56. The van der Waals surface area contributed by atoms with Crippen molar-refractivity contribution in [2.75, 3.05) is 57.7 Å². The minimum atomic E-state index is -0.281. The number of para-hydroxylation sites is 2. The fourth-order valence-corrected chi connectivity index (χ4v) is 3.65. The van der Waals surface area contributed by atoms with Gasteiger partial charge in [-0.3, -0.25) is 4.90 Å². The van der Waals surface area contributed by atoms with Crippen molar-refractivity contribution in [3.8, 4) is 11.8 Å². The third-order valence-electron chi connectivity index (χ3n) is 5.10. The second-order valence-corrected chi connectivity index (χ2v) is 7.97. The van der Waals surface area contributed by atoms with Crippen molar-refractivity contribution < 1.29 is 9.53 Å². The van der Waals surface area contributed by atoms with E-state index in [0.717, 1.165) is 38.3 Å². The van der Waals surface area contributed by atoms with Crippen LogP contribution in [-0.2, 0) is 0 Å². The molecule has 32 heavy (non-hydrogen) atoms. The normalized spacial score (nSPS) is 13.8. The van der Waals surface area contributed by atoms with E-state index in [2.05, 4.69) is 28.2 Å². The van der Waals surface area contributed by atoms with Crippen molar-refractivity contribution in [1.29, 1.82) is 5.26 Å². The number of nitriles is 1. The molecule has 0 saturated carbocycles. The SMILES string of the molecule is C=C(CN1CCNCC1)CN(CCOc1ccccc1C#N)C(=O)Nc1ccccc1Cl. The van der Waals surface area contributed by atoms with Gasteiger partial charge in [-0.15, -0.1) is 0 Å². The van der Waals surface area contributed by atoms with Crippen LogP contribution < -0.4 is 15.4 Å². The fraction of sp³-hybridized carbons (Fsp3) is 0.333. The van der Waals surface area contributed by atoms with E-state index in [1.165, 1.54) is 0 Å². The Morgan fingerprint density at radius 3 is 2.69 bits per heavy atom. The highest BCUT2D eigenvalue weighted by molar-refractivity contribution is 6.33. The van der Waals surface area contributed by atoms with Gasteiger partial charge in [-0.25, -0.2) is 4.79 Å². The number of urea groups is 1. The molecule has 0 aromatic heterocycles. The zero-order valence-electron chi connectivity index (χ0n) is 18.0. The highest BCUT2D eigenvalue weighted by atomic mass is 35.5. The van der Waals surface area contributed by atoms with Gasteiger partial charge in [-0.2, -0.15) is 5.26 Å². The molecule has 1 aliphatic heterocycles. The average Bonchev–Trinajstić information content (AvgIpc) is 2.80. The number of rotatable bonds is 9. The van der Waals surface area contributed by atoms with Crippen molar-refractivity contribution in [3.05, 3.63) is 71.3 Å². The summed E-state index contributed by atoms with van der Waals surface area (Å²) in [5, 5.41) is 15.9. The Balaban J connectivity index is 1.63. The Hall–Kier alpha value is -3.05. The number of amides is 2. The van der Waals surface area contributed by atoms with Gasteiger partial charge in [0, 0.05) is 39.3 Å². The monoisotopic (exact) mass is 453 g/mol. The Bertz CT molecular complexity index is 969. The molecule has 3 rings (SSSR count). The van der Waals surface area contributed by atoms with Crippen molar-refractivity contribution in [2.45, 2.75) is 0 Å². The Labute approximate surface area is 194 Å². The van der Waals surface area contributed by atoms with E-state index in [0.29, 0.717) is 35.1 Å². The maximum atomic E-state index is 13.0. The molecular formula is C24H28ClN5O2. The highest BCUT2D eigenvalue weighted by Gasteiger charge is 2.18. The topological polar surface area (TPSA) is 80.6 Å². The lowest BCUT2D eigenvalue weighted by Gasteiger charge is -2.30. The molecule has 7 nitrogen and oxygen atoms in total. The fourth-order valence-electron chi connectivity index (χ4n) is 3.47. The predicted molar refractivity (Wildman–Crippen MR) is 127 cm³/mol. The number of hydrogen-bond acceptors (Lipinski definition) is 5. The van der Waals surface area contributed by atoms with Crippen LogP contribution >= 0.6 is 11.6 Å². The number of carbonyl (C=O) groups excluding carboxylic acids is 1. The minimum absolute atomic E-state index is 0.246. The lowest BCUT2D eigenvalue weighted by atomic mass is 10.2. The van der Waals surface area contributed by atoms with Crippen LogP contribution in [-0.4, -0.2) is 68.3 Å². The summed E-state index contributed by atoms with van der Waals surface area (Å²) in [5.41, 5.74) is 1.95. The summed E-state index contributed by atoms with van der Waals surface area (Å²) in [6, 6.07) is 16.0. The molecule has 168 valence electrons. The summed E-state index contributed by atoms with van der Waals surface area (Å²) < 4.78 is 5.80. The van der Waals surface area contributed by atoms with Crippen LogP contribution in [0.5, 0.6) is 5.75 Å². The maximum Gasteiger partial charge on any atom is 0.322 e. The molecule has 2 aromatic carbocycles. The van der Waals surface area contributed by atoms with Crippen molar-refractivity contribution >= 4 is 23.3 Å². The average molecular weight is 454 g/mol. The number of carbonyl (C=O) groups is 1. The molecule has 2 N–H and O–H groups in total. The Morgan fingerprint density at radius 1 is 1.22 bits per heavy atom.